The molecule has 0 aliphatic carbocycles. The Bertz CT molecular complexity index is 1180. The summed E-state index contributed by atoms with van der Waals surface area (Å²) in [6.07, 6.45) is 2.96. The summed E-state index contributed by atoms with van der Waals surface area (Å²) in [6, 6.07) is 14.3. The molecule has 180 valence electrons. The smallest absolute Gasteiger partial charge is 0.243 e. The second kappa shape index (κ2) is 9.38. The minimum Gasteiger partial charge on any atom is -0.368 e. The average Bonchev–Trinajstić information content (AvgIpc) is 3.28. The van der Waals surface area contributed by atoms with Crippen molar-refractivity contribution in [3.8, 4) is 0 Å². The first-order valence-electron chi connectivity index (χ1n) is 12.0. The van der Waals surface area contributed by atoms with Gasteiger partial charge in [-0.3, -0.25) is 9.59 Å². The number of carbonyl (C=O) groups is 2. The van der Waals surface area contributed by atoms with Crippen LogP contribution in [0.3, 0.4) is 0 Å². The third-order valence-corrected chi connectivity index (χ3v) is 8.91. The zero-order valence-electron chi connectivity index (χ0n) is 19.2. The van der Waals surface area contributed by atoms with Gasteiger partial charge in [-0.05, 0) is 61.6 Å². The van der Waals surface area contributed by atoms with Crippen LogP contribution >= 0.6 is 0 Å². The number of nitrogens with zero attached hydrogens (tertiary/aromatic N) is 3. The van der Waals surface area contributed by atoms with E-state index in [0.717, 1.165) is 24.3 Å². The van der Waals surface area contributed by atoms with Gasteiger partial charge < -0.3 is 15.1 Å². The number of aryl methyl sites for hydroxylation is 1. The summed E-state index contributed by atoms with van der Waals surface area (Å²) in [6.45, 7) is 2.96. The molecule has 5 rings (SSSR count). The van der Waals surface area contributed by atoms with Gasteiger partial charge in [-0.1, -0.05) is 18.2 Å². The highest BCUT2D eigenvalue weighted by Gasteiger charge is 2.41. The summed E-state index contributed by atoms with van der Waals surface area (Å²) >= 11 is 0. The Hall–Kier alpha value is -2.91. The maximum Gasteiger partial charge on any atom is 0.243 e. The van der Waals surface area contributed by atoms with E-state index in [9.17, 15) is 18.0 Å². The van der Waals surface area contributed by atoms with Gasteiger partial charge >= 0.3 is 0 Å². The highest BCUT2D eigenvalue weighted by atomic mass is 32.2. The van der Waals surface area contributed by atoms with E-state index in [1.54, 1.807) is 12.1 Å². The Balaban J connectivity index is 1.30. The number of benzene rings is 2. The molecule has 34 heavy (non-hydrogen) atoms. The highest BCUT2D eigenvalue weighted by Crippen LogP contribution is 2.31. The normalized spacial score (nSPS) is 21.6. The molecule has 3 aliphatic heterocycles. The third kappa shape index (κ3) is 4.42. The number of nitrogens with one attached hydrogen (secondary N) is 1. The summed E-state index contributed by atoms with van der Waals surface area (Å²) in [5, 5.41) is 2.84. The Morgan fingerprint density at radius 3 is 2.44 bits per heavy atom. The summed E-state index contributed by atoms with van der Waals surface area (Å²) in [7, 11) is -3.82. The summed E-state index contributed by atoms with van der Waals surface area (Å²) < 4.78 is 28.5. The maximum atomic E-state index is 13.6. The summed E-state index contributed by atoms with van der Waals surface area (Å²) in [5.41, 5.74) is 2.64. The van der Waals surface area contributed by atoms with Crippen LogP contribution in [0.2, 0.25) is 0 Å². The molecule has 2 amide bonds. The number of sulfonamides is 1. The molecule has 8 nitrogen and oxygen atoms in total. The molecule has 3 heterocycles. The molecule has 0 radical (unpaired) electrons. The number of anilines is 2. The number of para-hydroxylation sites is 1. The van der Waals surface area contributed by atoms with Gasteiger partial charge in [0.15, 0.2) is 0 Å². The summed E-state index contributed by atoms with van der Waals surface area (Å²) in [4.78, 5) is 29.5. The first kappa shape index (κ1) is 22.9. The monoisotopic (exact) mass is 482 g/mol. The molecule has 1 atom stereocenters. The van der Waals surface area contributed by atoms with E-state index >= 15 is 0 Å². The highest BCUT2D eigenvalue weighted by molar-refractivity contribution is 7.89. The van der Waals surface area contributed by atoms with Crippen LogP contribution in [0.4, 0.5) is 11.4 Å². The number of piperazine rings is 1. The minimum absolute atomic E-state index is 0.0491. The second-order valence-electron chi connectivity index (χ2n) is 9.14. The quantitative estimate of drug-likeness (QED) is 0.723. The zero-order valence-corrected chi connectivity index (χ0v) is 20.0. The Labute approximate surface area is 200 Å². The fourth-order valence-electron chi connectivity index (χ4n) is 5.16. The number of rotatable bonds is 4. The topological polar surface area (TPSA) is 90.0 Å². The third-order valence-electron chi connectivity index (χ3n) is 7.01. The fourth-order valence-corrected chi connectivity index (χ4v) is 6.86. The molecular weight excluding hydrogens is 452 g/mol. The number of hydrogen-bond donors (Lipinski definition) is 1. The van der Waals surface area contributed by atoms with E-state index in [1.807, 2.05) is 23.1 Å². The molecule has 3 aliphatic rings. The molecule has 0 bridgehead atoms. The van der Waals surface area contributed by atoms with E-state index in [1.165, 1.54) is 10.4 Å². The van der Waals surface area contributed by atoms with Crippen LogP contribution in [-0.4, -0.2) is 68.2 Å². The van der Waals surface area contributed by atoms with Crippen molar-refractivity contribution in [3.63, 3.8) is 0 Å². The minimum atomic E-state index is -3.82. The number of amides is 2. The van der Waals surface area contributed by atoms with Crippen molar-refractivity contribution in [3.05, 3.63) is 54.1 Å². The van der Waals surface area contributed by atoms with Gasteiger partial charge in [0.05, 0.1) is 4.90 Å². The molecule has 2 fully saturated rings. The molecule has 0 spiro atoms. The van der Waals surface area contributed by atoms with Crippen LogP contribution in [0.5, 0.6) is 0 Å². The van der Waals surface area contributed by atoms with E-state index in [2.05, 4.69) is 22.3 Å². The van der Waals surface area contributed by atoms with Gasteiger partial charge in [0.2, 0.25) is 21.8 Å². The SMILES string of the molecule is O=C1CCCc2cc(S(=O)(=O)N3CCC[C@@H]3C(=O)N3CCN(c4ccccc4)CC3)ccc2N1. The van der Waals surface area contributed by atoms with Crippen LogP contribution in [0.15, 0.2) is 53.4 Å². The van der Waals surface area contributed by atoms with Crippen LogP contribution in [-0.2, 0) is 26.0 Å². The van der Waals surface area contributed by atoms with Crippen LogP contribution in [0.1, 0.15) is 31.2 Å². The fraction of sp³-hybridized carbons (Fsp3) is 0.440. The summed E-state index contributed by atoms with van der Waals surface area (Å²) in [5.74, 6) is -0.150. The van der Waals surface area contributed by atoms with Crippen molar-refractivity contribution < 1.29 is 18.0 Å². The van der Waals surface area contributed by atoms with Crippen molar-refractivity contribution in [1.82, 2.24) is 9.21 Å². The molecule has 0 aromatic heterocycles. The van der Waals surface area contributed by atoms with Gasteiger partial charge in [-0.15, -0.1) is 0 Å². The van der Waals surface area contributed by atoms with Crippen molar-refractivity contribution in [2.75, 3.05) is 42.9 Å². The van der Waals surface area contributed by atoms with Gasteiger partial charge in [-0.2, -0.15) is 4.31 Å². The molecule has 2 saturated heterocycles. The van der Waals surface area contributed by atoms with Gasteiger partial charge in [0.1, 0.15) is 6.04 Å². The number of carbonyl (C=O) groups excluding carboxylic acids is 2. The lowest BCUT2D eigenvalue weighted by molar-refractivity contribution is -0.134. The second-order valence-corrected chi connectivity index (χ2v) is 11.0. The van der Waals surface area contributed by atoms with Gasteiger partial charge in [-0.25, -0.2) is 8.42 Å². The first-order chi connectivity index (χ1) is 16.4. The molecule has 0 saturated carbocycles. The van der Waals surface area contributed by atoms with Crippen LogP contribution in [0.25, 0.3) is 0 Å². The van der Waals surface area contributed by atoms with Gasteiger partial charge in [0, 0.05) is 50.5 Å². The number of fused-ring (bicyclic) bond motifs is 1. The van der Waals surface area contributed by atoms with Crippen molar-refractivity contribution in [2.45, 2.75) is 43.0 Å². The molecule has 9 heteroatoms. The maximum absolute atomic E-state index is 13.6. The Morgan fingerprint density at radius 1 is 0.912 bits per heavy atom. The van der Waals surface area contributed by atoms with E-state index in [4.69, 9.17) is 0 Å². The Kier molecular flexibility index (Phi) is 6.31. The zero-order chi connectivity index (χ0) is 23.7. The average molecular weight is 483 g/mol. The predicted molar refractivity (Wildman–Crippen MR) is 130 cm³/mol. The first-order valence-corrected chi connectivity index (χ1v) is 13.4. The van der Waals surface area contributed by atoms with E-state index < -0.39 is 16.1 Å². The van der Waals surface area contributed by atoms with Crippen molar-refractivity contribution >= 4 is 33.2 Å². The predicted octanol–water partition coefficient (Wildman–Crippen LogP) is 2.46. The van der Waals surface area contributed by atoms with E-state index in [0.29, 0.717) is 57.4 Å². The molecular formula is C25H30N4O4S. The van der Waals surface area contributed by atoms with Crippen LogP contribution in [0, 0.1) is 0 Å². The lowest BCUT2D eigenvalue weighted by atomic mass is 10.1. The van der Waals surface area contributed by atoms with Crippen LogP contribution < -0.4 is 10.2 Å². The number of hydrogen-bond acceptors (Lipinski definition) is 5. The van der Waals surface area contributed by atoms with Crippen molar-refractivity contribution in [1.29, 1.82) is 0 Å². The molecule has 2 aromatic carbocycles. The standard InChI is InChI=1S/C25H30N4O4S/c30-24-10-4-6-19-18-21(11-12-22(19)26-24)34(32,33)29-13-5-9-23(29)25(31)28-16-14-27(15-17-28)20-7-2-1-3-8-20/h1-3,7-8,11-12,18,23H,4-6,9-10,13-17H2,(H,26,30)/t23-/m1/s1. The van der Waals surface area contributed by atoms with E-state index in [-0.39, 0.29) is 16.7 Å². The van der Waals surface area contributed by atoms with Gasteiger partial charge in [0.25, 0.3) is 0 Å². The molecule has 0 unspecified atom stereocenters. The molecule has 2 aromatic rings. The van der Waals surface area contributed by atoms with Crippen molar-refractivity contribution in [2.24, 2.45) is 0 Å². The Morgan fingerprint density at radius 2 is 1.68 bits per heavy atom. The largest absolute Gasteiger partial charge is 0.368 e. The lowest BCUT2D eigenvalue weighted by Gasteiger charge is -2.38. The molecule has 1 N–H and O–H groups in total. The lowest BCUT2D eigenvalue weighted by Crippen LogP contribution is -2.54.